The topological polar surface area (TPSA) is 0 Å². The molecule has 0 fully saturated rings. The Morgan fingerprint density at radius 1 is 1.42 bits per heavy atom. The zero-order valence-corrected chi connectivity index (χ0v) is 13.6. The van der Waals surface area contributed by atoms with E-state index in [9.17, 15) is 0 Å². The zero-order valence-electron chi connectivity index (χ0n) is 12.7. The summed E-state index contributed by atoms with van der Waals surface area (Å²) in [6.07, 6.45) is 17.6. The third-order valence-electron chi connectivity index (χ3n) is 3.53. The Balaban J connectivity index is 2.46. The average molecular weight is 275 g/mol. The summed E-state index contributed by atoms with van der Waals surface area (Å²) in [5, 5.41) is 0. The van der Waals surface area contributed by atoms with Gasteiger partial charge in [0.05, 0.1) is 0 Å². The third kappa shape index (κ3) is 6.92. The molecule has 0 bridgehead atoms. The van der Waals surface area contributed by atoms with Crippen LogP contribution in [0.2, 0.25) is 0 Å². The Bertz CT molecular complexity index is 392. The summed E-state index contributed by atoms with van der Waals surface area (Å²) in [5.74, 6) is 6.33. The van der Waals surface area contributed by atoms with Crippen molar-refractivity contribution in [1.29, 1.82) is 0 Å². The summed E-state index contributed by atoms with van der Waals surface area (Å²) in [6.45, 7) is 6.57. The standard InChI is InChI=1S/C18H28P/c1-4-8-16(6-3)10-7-11-17(9-5-2)14-18-12-13-19-15-18/h5,7-10,13,15,17-18H,4,6,11-12,14H2,1-3H3/q+1/b9-5?,10-7-,16-8-. The van der Waals surface area contributed by atoms with Crippen LogP contribution in [-0.4, -0.2) is 11.6 Å². The van der Waals surface area contributed by atoms with Crippen LogP contribution in [-0.2, 0) is 0 Å². The minimum atomic E-state index is 0.698. The Kier molecular flexibility index (Phi) is 8.84. The molecule has 1 aliphatic rings. The van der Waals surface area contributed by atoms with E-state index in [4.69, 9.17) is 0 Å². The first-order valence-corrected chi connectivity index (χ1v) is 8.66. The molecule has 0 aliphatic carbocycles. The average Bonchev–Trinajstić information content (AvgIpc) is 2.90. The van der Waals surface area contributed by atoms with Crippen LogP contribution in [0.25, 0.3) is 0 Å². The fourth-order valence-corrected chi connectivity index (χ4v) is 3.50. The molecule has 0 saturated carbocycles. The summed E-state index contributed by atoms with van der Waals surface area (Å²) in [4.78, 5) is 0. The second kappa shape index (κ2) is 10.2. The van der Waals surface area contributed by atoms with Gasteiger partial charge in [0.1, 0.15) is 0 Å². The molecule has 19 heavy (non-hydrogen) atoms. The first kappa shape index (κ1) is 16.4. The second-order valence-electron chi connectivity index (χ2n) is 5.18. The summed E-state index contributed by atoms with van der Waals surface area (Å²) >= 11 is 0. The van der Waals surface area contributed by atoms with Crippen molar-refractivity contribution in [2.45, 2.75) is 52.9 Å². The molecule has 0 nitrogen and oxygen atoms in total. The molecule has 0 amide bonds. The molecule has 0 radical (unpaired) electrons. The second-order valence-corrected chi connectivity index (χ2v) is 6.14. The minimum absolute atomic E-state index is 0.698. The van der Waals surface area contributed by atoms with Crippen molar-refractivity contribution in [2.24, 2.45) is 11.8 Å². The molecule has 104 valence electrons. The van der Waals surface area contributed by atoms with Gasteiger partial charge in [0.25, 0.3) is 0 Å². The van der Waals surface area contributed by atoms with Gasteiger partial charge >= 0.3 is 120 Å². The molecule has 1 rings (SSSR count). The monoisotopic (exact) mass is 275 g/mol. The van der Waals surface area contributed by atoms with E-state index in [0.29, 0.717) is 5.92 Å². The molecule has 0 aromatic carbocycles. The summed E-state index contributed by atoms with van der Waals surface area (Å²) in [5.41, 5.74) is 1.47. The molecule has 2 unspecified atom stereocenters. The van der Waals surface area contributed by atoms with Gasteiger partial charge in [-0.2, -0.15) is 0 Å². The SMILES string of the molecule is CC=CC(C/C=C\C(=C/CC)CC)CC1C=[P+]=CC1. The maximum atomic E-state index is 2.45. The summed E-state index contributed by atoms with van der Waals surface area (Å²) in [7, 11) is 1.43. The zero-order chi connectivity index (χ0) is 13.9. The van der Waals surface area contributed by atoms with Crippen molar-refractivity contribution in [3.05, 3.63) is 36.0 Å². The van der Waals surface area contributed by atoms with Crippen LogP contribution >= 0.6 is 7.83 Å². The van der Waals surface area contributed by atoms with E-state index in [-0.39, 0.29) is 0 Å². The predicted octanol–water partition coefficient (Wildman–Crippen LogP) is 5.83. The molecule has 0 aromatic heterocycles. The van der Waals surface area contributed by atoms with Gasteiger partial charge in [-0.15, -0.1) is 0 Å². The van der Waals surface area contributed by atoms with Crippen molar-refractivity contribution >= 4 is 19.4 Å². The third-order valence-corrected chi connectivity index (χ3v) is 4.54. The van der Waals surface area contributed by atoms with Crippen LogP contribution in [0.3, 0.4) is 0 Å². The Morgan fingerprint density at radius 3 is 2.84 bits per heavy atom. The van der Waals surface area contributed by atoms with Crippen LogP contribution in [0.4, 0.5) is 0 Å². The molecule has 1 heteroatoms. The molecule has 2 atom stereocenters. The number of rotatable bonds is 8. The molecule has 0 N–H and O–H groups in total. The first-order valence-electron chi connectivity index (χ1n) is 7.63. The van der Waals surface area contributed by atoms with Gasteiger partial charge in [0, 0.05) is 0 Å². The van der Waals surface area contributed by atoms with Gasteiger partial charge in [-0.05, 0) is 0 Å². The van der Waals surface area contributed by atoms with Crippen LogP contribution in [0.5, 0.6) is 0 Å². The van der Waals surface area contributed by atoms with Gasteiger partial charge < -0.3 is 0 Å². The van der Waals surface area contributed by atoms with E-state index >= 15 is 0 Å². The van der Waals surface area contributed by atoms with E-state index in [1.54, 1.807) is 0 Å². The fourth-order valence-electron chi connectivity index (χ4n) is 2.50. The van der Waals surface area contributed by atoms with E-state index in [2.05, 4.69) is 62.7 Å². The van der Waals surface area contributed by atoms with Crippen molar-refractivity contribution in [3.63, 3.8) is 0 Å². The van der Waals surface area contributed by atoms with E-state index in [0.717, 1.165) is 18.8 Å². The van der Waals surface area contributed by atoms with Crippen molar-refractivity contribution < 1.29 is 0 Å². The fraction of sp³-hybridized carbons (Fsp3) is 0.556. The summed E-state index contributed by atoms with van der Waals surface area (Å²) < 4.78 is 0. The molecule has 0 aromatic rings. The van der Waals surface area contributed by atoms with Crippen molar-refractivity contribution in [1.82, 2.24) is 0 Å². The van der Waals surface area contributed by atoms with Gasteiger partial charge in [0.15, 0.2) is 0 Å². The molecular weight excluding hydrogens is 247 g/mol. The number of hydrogen-bond donors (Lipinski definition) is 0. The van der Waals surface area contributed by atoms with E-state index in [1.807, 2.05) is 0 Å². The Hall–Kier alpha value is -0.610. The molecular formula is C18H28P+. The van der Waals surface area contributed by atoms with Gasteiger partial charge in [-0.3, -0.25) is 0 Å². The quantitative estimate of drug-likeness (QED) is 0.297. The number of allylic oxidation sites excluding steroid dienone is 6. The van der Waals surface area contributed by atoms with E-state index in [1.165, 1.54) is 32.7 Å². The Labute approximate surface area is 120 Å². The summed E-state index contributed by atoms with van der Waals surface area (Å²) in [6, 6.07) is 0. The van der Waals surface area contributed by atoms with Crippen molar-refractivity contribution in [2.75, 3.05) is 0 Å². The number of hydrogen-bond acceptors (Lipinski definition) is 0. The van der Waals surface area contributed by atoms with Crippen LogP contribution < -0.4 is 0 Å². The van der Waals surface area contributed by atoms with Gasteiger partial charge in [-0.25, -0.2) is 0 Å². The van der Waals surface area contributed by atoms with Crippen LogP contribution in [0, 0.1) is 11.8 Å². The molecule has 1 aliphatic heterocycles. The van der Waals surface area contributed by atoms with Crippen LogP contribution in [0.15, 0.2) is 36.0 Å². The van der Waals surface area contributed by atoms with Crippen molar-refractivity contribution in [3.8, 4) is 0 Å². The van der Waals surface area contributed by atoms with E-state index < -0.39 is 0 Å². The first-order chi connectivity index (χ1) is 9.30. The van der Waals surface area contributed by atoms with Crippen LogP contribution in [0.1, 0.15) is 52.9 Å². The molecule has 1 heterocycles. The maximum absolute atomic E-state index is 2.45. The normalized spacial score (nSPS) is 21.4. The van der Waals surface area contributed by atoms with Gasteiger partial charge in [-0.1, -0.05) is 0 Å². The molecule has 0 saturated heterocycles. The van der Waals surface area contributed by atoms with Gasteiger partial charge in [0.2, 0.25) is 0 Å². The Morgan fingerprint density at radius 2 is 2.26 bits per heavy atom. The predicted molar refractivity (Wildman–Crippen MR) is 92.5 cm³/mol. The molecule has 0 spiro atoms.